The van der Waals surface area contributed by atoms with Gasteiger partial charge >= 0.3 is 5.97 Å². The summed E-state index contributed by atoms with van der Waals surface area (Å²) in [6, 6.07) is 3.19. The fourth-order valence-electron chi connectivity index (χ4n) is 1.17. The Morgan fingerprint density at radius 1 is 1.53 bits per heavy atom. The van der Waals surface area contributed by atoms with Crippen LogP contribution in [0.2, 0.25) is 0 Å². The predicted octanol–water partition coefficient (Wildman–Crippen LogP) is 2.31. The summed E-state index contributed by atoms with van der Waals surface area (Å²) < 4.78 is 17.4. The van der Waals surface area contributed by atoms with E-state index in [1.165, 1.54) is 25.3 Å². The topological polar surface area (TPSA) is 69.4 Å². The van der Waals surface area contributed by atoms with Gasteiger partial charge in [0.1, 0.15) is 5.82 Å². The summed E-state index contributed by atoms with van der Waals surface area (Å²) in [5.74, 6) is -1.14. The van der Waals surface area contributed by atoms with Crippen molar-refractivity contribution < 1.29 is 18.8 Å². The van der Waals surface area contributed by atoms with Crippen molar-refractivity contribution in [3.05, 3.63) is 45.8 Å². The third kappa shape index (κ3) is 4.02. The molecule has 0 radical (unpaired) electrons. The Kier molecular flexibility index (Phi) is 4.33. The van der Waals surface area contributed by atoms with E-state index in [0.29, 0.717) is 5.56 Å². The fourth-order valence-corrected chi connectivity index (χ4v) is 1.17. The van der Waals surface area contributed by atoms with E-state index in [2.05, 4.69) is 4.74 Å². The Morgan fingerprint density at radius 2 is 2.24 bits per heavy atom. The van der Waals surface area contributed by atoms with Gasteiger partial charge in [-0.25, -0.2) is 4.39 Å². The second-order valence-electron chi connectivity index (χ2n) is 3.18. The van der Waals surface area contributed by atoms with Gasteiger partial charge in [0.25, 0.3) is 5.69 Å². The van der Waals surface area contributed by atoms with Crippen molar-refractivity contribution in [2.75, 3.05) is 7.11 Å². The first-order valence-corrected chi connectivity index (χ1v) is 4.71. The van der Waals surface area contributed by atoms with E-state index < -0.39 is 16.7 Å². The number of nitrogens with zero attached hydrogens (tertiary/aromatic N) is 1. The normalized spacial score (nSPS) is 10.5. The summed E-state index contributed by atoms with van der Waals surface area (Å²) in [6.45, 7) is 0. The lowest BCUT2D eigenvalue weighted by Crippen LogP contribution is -1.96. The molecule has 0 atom stereocenters. The minimum Gasteiger partial charge on any atom is -0.469 e. The fraction of sp³-hybridized carbons (Fsp3) is 0.182. The van der Waals surface area contributed by atoms with Crippen LogP contribution in [-0.2, 0) is 9.53 Å². The Balaban J connectivity index is 2.84. The Labute approximate surface area is 96.7 Å². The molecule has 0 spiro atoms. The number of nitro groups is 1. The van der Waals surface area contributed by atoms with Crippen molar-refractivity contribution >= 4 is 17.7 Å². The van der Waals surface area contributed by atoms with Crippen LogP contribution < -0.4 is 0 Å². The molecule has 0 amide bonds. The average Bonchev–Trinajstić information content (AvgIpc) is 2.28. The lowest BCUT2D eigenvalue weighted by atomic mass is 10.1. The molecule has 0 fully saturated rings. The second-order valence-corrected chi connectivity index (χ2v) is 3.18. The molecule has 0 aliphatic carbocycles. The second kappa shape index (κ2) is 5.74. The first-order valence-electron chi connectivity index (χ1n) is 4.71. The lowest BCUT2D eigenvalue weighted by molar-refractivity contribution is -0.385. The number of non-ortho nitro benzene ring substituents is 1. The third-order valence-electron chi connectivity index (χ3n) is 1.94. The monoisotopic (exact) mass is 239 g/mol. The van der Waals surface area contributed by atoms with Crippen molar-refractivity contribution in [2.45, 2.75) is 6.42 Å². The predicted molar refractivity (Wildman–Crippen MR) is 58.7 cm³/mol. The quantitative estimate of drug-likeness (QED) is 0.459. The van der Waals surface area contributed by atoms with Crippen molar-refractivity contribution in [2.24, 2.45) is 0 Å². The lowest BCUT2D eigenvalue weighted by Gasteiger charge is -1.96. The Morgan fingerprint density at radius 3 is 2.82 bits per heavy atom. The van der Waals surface area contributed by atoms with E-state index in [-0.39, 0.29) is 12.1 Å². The summed E-state index contributed by atoms with van der Waals surface area (Å²) in [4.78, 5) is 20.6. The molecule has 6 heteroatoms. The Hall–Kier alpha value is -2.24. The standard InChI is InChI=1S/C11H10FNO4/c1-17-11(14)4-2-3-8-5-9(12)7-10(6-8)13(15)16/h2-3,5-7H,4H2,1H3. The van der Waals surface area contributed by atoms with E-state index in [4.69, 9.17) is 0 Å². The number of rotatable bonds is 4. The van der Waals surface area contributed by atoms with Gasteiger partial charge in [-0.2, -0.15) is 0 Å². The molecule has 1 aromatic carbocycles. The van der Waals surface area contributed by atoms with Gasteiger partial charge in [0.2, 0.25) is 0 Å². The number of halogens is 1. The average molecular weight is 239 g/mol. The zero-order chi connectivity index (χ0) is 12.8. The molecule has 0 unspecified atom stereocenters. The number of ether oxygens (including phenoxy) is 1. The molecule has 0 saturated heterocycles. The van der Waals surface area contributed by atoms with Gasteiger partial charge in [-0.15, -0.1) is 0 Å². The smallest absolute Gasteiger partial charge is 0.309 e. The van der Waals surface area contributed by atoms with Gasteiger partial charge < -0.3 is 4.74 Å². The maximum atomic E-state index is 13.0. The van der Waals surface area contributed by atoms with Crippen LogP contribution in [-0.4, -0.2) is 18.0 Å². The molecule has 90 valence electrons. The molecule has 0 saturated carbocycles. The van der Waals surface area contributed by atoms with Crippen LogP contribution >= 0.6 is 0 Å². The van der Waals surface area contributed by atoms with Crippen LogP contribution in [0.3, 0.4) is 0 Å². The van der Waals surface area contributed by atoms with E-state index in [1.807, 2.05) is 0 Å². The van der Waals surface area contributed by atoms with E-state index >= 15 is 0 Å². The van der Waals surface area contributed by atoms with Crippen molar-refractivity contribution in [3.63, 3.8) is 0 Å². The third-order valence-corrected chi connectivity index (χ3v) is 1.94. The maximum absolute atomic E-state index is 13.0. The first kappa shape index (κ1) is 12.8. The van der Waals surface area contributed by atoms with Gasteiger partial charge in [0.15, 0.2) is 0 Å². The number of esters is 1. The SMILES string of the molecule is COC(=O)CC=Cc1cc(F)cc([N+](=O)[O-])c1. The molecule has 0 aliphatic rings. The van der Waals surface area contributed by atoms with Crippen LogP contribution in [0.4, 0.5) is 10.1 Å². The van der Waals surface area contributed by atoms with E-state index in [9.17, 15) is 19.3 Å². The van der Waals surface area contributed by atoms with Crippen molar-refractivity contribution in [1.82, 2.24) is 0 Å². The zero-order valence-corrected chi connectivity index (χ0v) is 9.05. The van der Waals surface area contributed by atoms with Gasteiger partial charge in [-0.05, 0) is 11.6 Å². The number of methoxy groups -OCH3 is 1. The highest BCUT2D eigenvalue weighted by molar-refractivity contribution is 5.72. The molecule has 1 rings (SSSR count). The summed E-state index contributed by atoms with van der Waals surface area (Å²) in [6.07, 6.45) is 2.90. The van der Waals surface area contributed by atoms with Crippen LogP contribution in [0.25, 0.3) is 6.08 Å². The Bertz CT molecular complexity index is 471. The van der Waals surface area contributed by atoms with Crippen LogP contribution in [0.15, 0.2) is 24.3 Å². The number of carbonyl (C=O) groups is 1. The van der Waals surface area contributed by atoms with Crippen LogP contribution in [0.5, 0.6) is 0 Å². The van der Waals surface area contributed by atoms with E-state index in [1.54, 1.807) is 0 Å². The number of carbonyl (C=O) groups excluding carboxylic acids is 1. The highest BCUT2D eigenvalue weighted by atomic mass is 19.1. The van der Waals surface area contributed by atoms with Crippen LogP contribution in [0, 0.1) is 15.9 Å². The molecular weight excluding hydrogens is 229 g/mol. The molecular formula is C11H10FNO4. The number of benzene rings is 1. The molecule has 0 bridgehead atoms. The van der Waals surface area contributed by atoms with Crippen molar-refractivity contribution in [1.29, 1.82) is 0 Å². The molecule has 0 heterocycles. The van der Waals surface area contributed by atoms with Crippen molar-refractivity contribution in [3.8, 4) is 0 Å². The largest absolute Gasteiger partial charge is 0.469 e. The highest BCUT2D eigenvalue weighted by Gasteiger charge is 2.08. The van der Waals surface area contributed by atoms with Gasteiger partial charge in [-0.1, -0.05) is 12.2 Å². The molecule has 5 nitrogen and oxygen atoms in total. The summed E-state index contributed by atoms with van der Waals surface area (Å²) >= 11 is 0. The minimum absolute atomic E-state index is 0.0286. The summed E-state index contributed by atoms with van der Waals surface area (Å²) in [5.41, 5.74) is -0.0108. The van der Waals surface area contributed by atoms with Gasteiger partial charge in [-0.3, -0.25) is 14.9 Å². The molecule has 1 aromatic rings. The summed E-state index contributed by atoms with van der Waals surface area (Å²) in [7, 11) is 1.25. The number of hydrogen-bond acceptors (Lipinski definition) is 4. The molecule has 0 aromatic heterocycles. The summed E-state index contributed by atoms with van der Waals surface area (Å²) in [5, 5.41) is 10.5. The molecule has 0 aliphatic heterocycles. The first-order chi connectivity index (χ1) is 8.02. The number of hydrogen-bond donors (Lipinski definition) is 0. The number of nitro benzene ring substituents is 1. The minimum atomic E-state index is -0.697. The zero-order valence-electron chi connectivity index (χ0n) is 9.05. The van der Waals surface area contributed by atoms with Gasteiger partial charge in [0, 0.05) is 6.07 Å². The van der Waals surface area contributed by atoms with Gasteiger partial charge in [0.05, 0.1) is 24.5 Å². The maximum Gasteiger partial charge on any atom is 0.309 e. The van der Waals surface area contributed by atoms with Crippen LogP contribution in [0.1, 0.15) is 12.0 Å². The molecule has 17 heavy (non-hydrogen) atoms. The highest BCUT2D eigenvalue weighted by Crippen LogP contribution is 2.17. The molecule has 0 N–H and O–H groups in total. The van der Waals surface area contributed by atoms with E-state index in [0.717, 1.165) is 12.1 Å².